The van der Waals surface area contributed by atoms with Gasteiger partial charge in [-0.2, -0.15) is 10.4 Å². The molecule has 1 aromatic rings. The zero-order valence-corrected chi connectivity index (χ0v) is 18.8. The molecule has 0 N–H and O–H groups in total. The minimum Gasteiger partial charge on any atom is -0.467 e. The van der Waals surface area contributed by atoms with Gasteiger partial charge in [-0.1, -0.05) is 12.1 Å². The van der Waals surface area contributed by atoms with E-state index < -0.39 is 46.3 Å². The number of aliphatic imine (C=N–C) groups is 1. The van der Waals surface area contributed by atoms with Crippen LogP contribution in [0.5, 0.6) is 0 Å². The normalized spacial score (nSPS) is 11.5. The SMILES string of the molecule is COC(=O)C(=C=NC(C)(C)C)C(C(=O)OC)N(/N=C/c1cccc([N+](=O)[O-])c1)C(=O)CC#N. The van der Waals surface area contributed by atoms with Crippen LogP contribution in [-0.2, 0) is 23.9 Å². The molecular formula is C21H23N5O7. The maximum Gasteiger partial charge on any atom is 0.346 e. The van der Waals surface area contributed by atoms with Crippen molar-refractivity contribution in [2.75, 3.05) is 14.2 Å². The second kappa shape index (κ2) is 11.9. The van der Waals surface area contributed by atoms with Crippen LogP contribution in [0.4, 0.5) is 5.69 Å². The smallest absolute Gasteiger partial charge is 0.346 e. The van der Waals surface area contributed by atoms with Gasteiger partial charge < -0.3 is 9.47 Å². The van der Waals surface area contributed by atoms with Crippen LogP contribution >= 0.6 is 0 Å². The fourth-order valence-corrected chi connectivity index (χ4v) is 2.28. The number of esters is 2. The molecule has 0 spiro atoms. The molecule has 1 rings (SSSR count). The van der Waals surface area contributed by atoms with Crippen LogP contribution in [0.1, 0.15) is 32.8 Å². The number of methoxy groups -OCH3 is 2. The van der Waals surface area contributed by atoms with Crippen LogP contribution in [0, 0.1) is 21.4 Å². The third-order valence-corrected chi connectivity index (χ3v) is 3.76. The zero-order chi connectivity index (χ0) is 25.2. The molecule has 0 saturated heterocycles. The lowest BCUT2D eigenvalue weighted by atomic mass is 10.1. The Bertz CT molecular complexity index is 1060. The predicted octanol–water partition coefficient (Wildman–Crippen LogP) is 1.78. The quantitative estimate of drug-likeness (QED) is 0.187. The molecule has 0 aliphatic heterocycles. The van der Waals surface area contributed by atoms with Crippen molar-refractivity contribution in [3.63, 3.8) is 0 Å². The molecule has 1 aromatic carbocycles. The first-order valence-corrected chi connectivity index (χ1v) is 9.43. The van der Waals surface area contributed by atoms with E-state index in [1.807, 2.05) is 0 Å². The van der Waals surface area contributed by atoms with Crippen molar-refractivity contribution >= 4 is 35.6 Å². The number of hydrazone groups is 1. The van der Waals surface area contributed by atoms with Gasteiger partial charge in [-0.05, 0) is 26.6 Å². The van der Waals surface area contributed by atoms with Gasteiger partial charge in [0, 0.05) is 17.7 Å². The second-order valence-electron chi connectivity index (χ2n) is 7.40. The summed E-state index contributed by atoms with van der Waals surface area (Å²) in [5.74, 6) is -0.602. The molecule has 33 heavy (non-hydrogen) atoms. The van der Waals surface area contributed by atoms with Gasteiger partial charge in [-0.3, -0.25) is 14.9 Å². The predicted molar refractivity (Wildman–Crippen MR) is 116 cm³/mol. The van der Waals surface area contributed by atoms with Gasteiger partial charge in [0.05, 0.1) is 37.0 Å². The topological polar surface area (TPSA) is 165 Å². The lowest BCUT2D eigenvalue weighted by Gasteiger charge is -2.24. The van der Waals surface area contributed by atoms with Crippen molar-refractivity contribution < 1.29 is 28.8 Å². The lowest BCUT2D eigenvalue weighted by molar-refractivity contribution is -0.384. The number of nitriles is 1. The van der Waals surface area contributed by atoms with Crippen LogP contribution in [0.3, 0.4) is 0 Å². The van der Waals surface area contributed by atoms with Crippen LogP contribution in [0.25, 0.3) is 0 Å². The number of nitro groups is 1. The van der Waals surface area contributed by atoms with E-state index in [9.17, 15) is 24.5 Å². The molecule has 0 aliphatic carbocycles. The maximum atomic E-state index is 12.7. The van der Waals surface area contributed by atoms with Gasteiger partial charge >= 0.3 is 11.9 Å². The van der Waals surface area contributed by atoms with E-state index in [4.69, 9.17) is 14.7 Å². The number of amides is 1. The fourth-order valence-electron chi connectivity index (χ4n) is 2.28. The van der Waals surface area contributed by atoms with Gasteiger partial charge in [0.2, 0.25) is 0 Å². The van der Waals surface area contributed by atoms with E-state index in [2.05, 4.69) is 16.0 Å². The molecule has 0 fully saturated rings. The highest BCUT2D eigenvalue weighted by Gasteiger charge is 2.38. The molecule has 1 amide bonds. The number of ether oxygens (including phenoxy) is 2. The standard InChI is InChI=1S/C21H23N5O7/c1-21(2,3)23-13-16(19(28)32-4)18(20(29)33-5)25(17(27)9-10-22)24-12-14-7-6-8-15(11-14)26(30)31/h6-8,11-12,18H,9H2,1-5H3/b24-12+. The van der Waals surface area contributed by atoms with E-state index in [1.54, 1.807) is 26.8 Å². The molecule has 12 heteroatoms. The molecule has 0 heterocycles. The summed E-state index contributed by atoms with van der Waals surface area (Å²) in [4.78, 5) is 52.2. The van der Waals surface area contributed by atoms with Gasteiger partial charge in [0.15, 0.2) is 6.04 Å². The van der Waals surface area contributed by atoms with Crippen LogP contribution < -0.4 is 0 Å². The number of nitrogens with zero attached hydrogens (tertiary/aromatic N) is 5. The number of rotatable bonds is 8. The summed E-state index contributed by atoms with van der Waals surface area (Å²) in [6, 6.07) is 5.16. The monoisotopic (exact) mass is 457 g/mol. The summed E-state index contributed by atoms with van der Waals surface area (Å²) in [7, 11) is 2.09. The van der Waals surface area contributed by atoms with Crippen molar-refractivity contribution in [1.29, 1.82) is 5.26 Å². The van der Waals surface area contributed by atoms with Crippen molar-refractivity contribution in [2.24, 2.45) is 10.1 Å². The molecule has 0 aromatic heterocycles. The maximum absolute atomic E-state index is 12.7. The first kappa shape index (κ1) is 26.7. The van der Waals surface area contributed by atoms with Crippen LogP contribution in [-0.4, -0.2) is 65.7 Å². The first-order chi connectivity index (χ1) is 15.4. The molecule has 1 atom stereocenters. The second-order valence-corrected chi connectivity index (χ2v) is 7.40. The van der Waals surface area contributed by atoms with Crippen molar-refractivity contribution in [3.05, 3.63) is 45.5 Å². The Morgan fingerprint density at radius 1 is 1.27 bits per heavy atom. The lowest BCUT2D eigenvalue weighted by Crippen LogP contribution is -2.46. The Morgan fingerprint density at radius 2 is 1.94 bits per heavy atom. The summed E-state index contributed by atoms with van der Waals surface area (Å²) in [6.45, 7) is 5.13. The van der Waals surface area contributed by atoms with Crippen molar-refractivity contribution in [1.82, 2.24) is 5.01 Å². The molecule has 1 unspecified atom stereocenters. The third kappa shape index (κ3) is 8.01. The number of hydrogen-bond acceptors (Lipinski definition) is 10. The number of carbonyl (C=O) groups excluding carboxylic acids is 3. The molecule has 0 bridgehead atoms. The molecular weight excluding hydrogens is 434 g/mol. The number of carbonyl (C=O) groups is 3. The minimum atomic E-state index is -1.79. The largest absolute Gasteiger partial charge is 0.467 e. The van der Waals surface area contributed by atoms with Crippen molar-refractivity contribution in [3.8, 4) is 6.07 Å². The summed E-state index contributed by atoms with van der Waals surface area (Å²) >= 11 is 0. The summed E-state index contributed by atoms with van der Waals surface area (Å²) < 4.78 is 9.45. The Balaban J connectivity index is 3.71. The van der Waals surface area contributed by atoms with Gasteiger partial charge in [0.1, 0.15) is 12.0 Å². The molecule has 12 nitrogen and oxygen atoms in total. The van der Waals surface area contributed by atoms with E-state index in [0.717, 1.165) is 20.4 Å². The minimum absolute atomic E-state index is 0.217. The number of hydrogen-bond donors (Lipinski definition) is 0. The molecule has 174 valence electrons. The number of nitro benzene ring substituents is 1. The van der Waals surface area contributed by atoms with Gasteiger partial charge in [0.25, 0.3) is 11.6 Å². The zero-order valence-electron chi connectivity index (χ0n) is 18.8. The Kier molecular flexibility index (Phi) is 9.60. The highest BCUT2D eigenvalue weighted by atomic mass is 16.6. The third-order valence-electron chi connectivity index (χ3n) is 3.76. The average Bonchev–Trinajstić information content (AvgIpc) is 2.76. The number of benzene rings is 1. The molecule has 0 radical (unpaired) electrons. The Hall–Kier alpha value is -4.36. The summed E-state index contributed by atoms with van der Waals surface area (Å²) in [5.41, 5.74) is -1.20. The van der Waals surface area contributed by atoms with Gasteiger partial charge in [-0.15, -0.1) is 0 Å². The van der Waals surface area contributed by atoms with E-state index >= 15 is 0 Å². The van der Waals surface area contributed by atoms with Crippen LogP contribution in [0.15, 0.2) is 39.9 Å². The highest BCUT2D eigenvalue weighted by Crippen LogP contribution is 2.17. The highest BCUT2D eigenvalue weighted by molar-refractivity contribution is 6.06. The number of non-ortho nitro benzene ring substituents is 1. The Labute approximate surface area is 189 Å². The molecule has 0 saturated carbocycles. The van der Waals surface area contributed by atoms with Crippen LogP contribution in [0.2, 0.25) is 0 Å². The summed E-state index contributed by atoms with van der Waals surface area (Å²) in [5, 5.41) is 24.5. The average molecular weight is 457 g/mol. The molecule has 0 aliphatic rings. The summed E-state index contributed by atoms with van der Waals surface area (Å²) in [6.07, 6.45) is 0.374. The van der Waals surface area contributed by atoms with E-state index in [-0.39, 0.29) is 11.3 Å². The van der Waals surface area contributed by atoms with E-state index in [1.165, 1.54) is 24.3 Å². The van der Waals surface area contributed by atoms with E-state index in [0.29, 0.717) is 5.01 Å². The van der Waals surface area contributed by atoms with Crippen molar-refractivity contribution in [2.45, 2.75) is 38.8 Å². The first-order valence-electron chi connectivity index (χ1n) is 9.43. The Morgan fingerprint density at radius 3 is 2.45 bits per heavy atom. The fraction of sp³-hybridized carbons (Fsp3) is 0.381. The van der Waals surface area contributed by atoms with Gasteiger partial charge in [-0.25, -0.2) is 19.6 Å².